The van der Waals surface area contributed by atoms with E-state index in [-0.39, 0.29) is 6.10 Å². The number of methoxy groups -OCH3 is 1. The molecule has 7 heteroatoms. The number of aryl methyl sites for hydroxylation is 1. The van der Waals surface area contributed by atoms with E-state index < -0.39 is 0 Å². The molecule has 0 bridgehead atoms. The Labute approximate surface area is 149 Å². The molecule has 0 radical (unpaired) electrons. The zero-order valence-corrected chi connectivity index (χ0v) is 15.1. The third kappa shape index (κ3) is 6.74. The molecule has 136 valence electrons. The summed E-state index contributed by atoms with van der Waals surface area (Å²) >= 11 is 0. The van der Waals surface area contributed by atoms with Crippen LogP contribution in [0, 0.1) is 0 Å². The summed E-state index contributed by atoms with van der Waals surface area (Å²) in [6.45, 7) is 4.37. The van der Waals surface area contributed by atoms with Gasteiger partial charge in [-0.3, -0.25) is 9.67 Å². The van der Waals surface area contributed by atoms with Gasteiger partial charge in [0.15, 0.2) is 5.96 Å². The zero-order valence-electron chi connectivity index (χ0n) is 15.1. The van der Waals surface area contributed by atoms with E-state index in [0.717, 1.165) is 37.0 Å². The lowest BCUT2D eigenvalue weighted by atomic mass is 10.3. The molecule has 1 heterocycles. The van der Waals surface area contributed by atoms with Crippen LogP contribution in [0.3, 0.4) is 0 Å². The fourth-order valence-corrected chi connectivity index (χ4v) is 2.29. The molecule has 2 N–H and O–H groups in total. The third-order valence-corrected chi connectivity index (χ3v) is 3.57. The molecule has 2 aromatic rings. The van der Waals surface area contributed by atoms with Gasteiger partial charge in [0, 0.05) is 38.6 Å². The molecule has 7 nitrogen and oxygen atoms in total. The summed E-state index contributed by atoms with van der Waals surface area (Å²) in [5.74, 6) is 2.34. The molecule has 0 spiro atoms. The van der Waals surface area contributed by atoms with Crippen molar-refractivity contribution in [1.29, 1.82) is 0 Å². The monoisotopic (exact) mass is 345 g/mol. The van der Waals surface area contributed by atoms with Crippen LogP contribution < -0.4 is 20.1 Å². The summed E-state index contributed by atoms with van der Waals surface area (Å²) in [5.41, 5.74) is 0. The summed E-state index contributed by atoms with van der Waals surface area (Å²) in [6.07, 6.45) is 4.72. The molecule has 1 aromatic carbocycles. The van der Waals surface area contributed by atoms with Gasteiger partial charge in [0.2, 0.25) is 0 Å². The summed E-state index contributed by atoms with van der Waals surface area (Å²) in [7, 11) is 3.41. The second-order valence-electron chi connectivity index (χ2n) is 5.61. The minimum atomic E-state index is -0.00488. The van der Waals surface area contributed by atoms with Crippen LogP contribution >= 0.6 is 0 Å². The number of nitrogens with zero attached hydrogens (tertiary/aromatic N) is 3. The fourth-order valence-electron chi connectivity index (χ4n) is 2.29. The summed E-state index contributed by atoms with van der Waals surface area (Å²) in [6, 6.07) is 9.52. The van der Waals surface area contributed by atoms with Gasteiger partial charge in [0.25, 0.3) is 0 Å². The topological polar surface area (TPSA) is 72.7 Å². The Morgan fingerprint density at radius 2 is 2.12 bits per heavy atom. The summed E-state index contributed by atoms with van der Waals surface area (Å²) in [4.78, 5) is 4.23. The SMILES string of the molecule is CN=C(NCCCn1cccn1)NCC(C)Oc1cccc(OC)c1. The molecule has 0 fully saturated rings. The van der Waals surface area contributed by atoms with E-state index in [4.69, 9.17) is 9.47 Å². The maximum Gasteiger partial charge on any atom is 0.191 e. The first-order valence-corrected chi connectivity index (χ1v) is 8.44. The van der Waals surface area contributed by atoms with Crippen molar-refractivity contribution < 1.29 is 9.47 Å². The van der Waals surface area contributed by atoms with Gasteiger partial charge in [0.05, 0.1) is 13.7 Å². The van der Waals surface area contributed by atoms with Gasteiger partial charge >= 0.3 is 0 Å². The van der Waals surface area contributed by atoms with Gasteiger partial charge in [-0.15, -0.1) is 0 Å². The van der Waals surface area contributed by atoms with E-state index in [1.54, 1.807) is 20.4 Å². The highest BCUT2D eigenvalue weighted by Gasteiger charge is 2.06. The van der Waals surface area contributed by atoms with Crippen molar-refractivity contribution >= 4 is 5.96 Å². The first-order chi connectivity index (χ1) is 12.2. The van der Waals surface area contributed by atoms with Crippen LogP contribution in [0.25, 0.3) is 0 Å². The number of guanidine groups is 1. The van der Waals surface area contributed by atoms with Crippen molar-refractivity contribution in [2.24, 2.45) is 4.99 Å². The van der Waals surface area contributed by atoms with E-state index in [1.165, 1.54) is 0 Å². The van der Waals surface area contributed by atoms with Crippen molar-refractivity contribution in [3.05, 3.63) is 42.7 Å². The Morgan fingerprint density at radius 3 is 2.84 bits per heavy atom. The van der Waals surface area contributed by atoms with Crippen LogP contribution in [0.2, 0.25) is 0 Å². The first-order valence-electron chi connectivity index (χ1n) is 8.44. The lowest BCUT2D eigenvalue weighted by Gasteiger charge is -2.18. The van der Waals surface area contributed by atoms with Crippen molar-refractivity contribution in [2.75, 3.05) is 27.2 Å². The molecule has 0 saturated carbocycles. The van der Waals surface area contributed by atoms with Crippen LogP contribution in [0.4, 0.5) is 0 Å². The minimum Gasteiger partial charge on any atom is -0.497 e. The van der Waals surface area contributed by atoms with Gasteiger partial charge in [-0.25, -0.2) is 0 Å². The number of benzene rings is 1. The van der Waals surface area contributed by atoms with E-state index in [9.17, 15) is 0 Å². The van der Waals surface area contributed by atoms with Crippen molar-refractivity contribution in [3.63, 3.8) is 0 Å². The maximum absolute atomic E-state index is 5.89. The Bertz CT molecular complexity index is 643. The summed E-state index contributed by atoms with van der Waals surface area (Å²) in [5, 5.41) is 10.7. The Kier molecular flexibility index (Phi) is 7.62. The highest BCUT2D eigenvalue weighted by atomic mass is 16.5. The van der Waals surface area contributed by atoms with Gasteiger partial charge in [0.1, 0.15) is 17.6 Å². The molecular weight excluding hydrogens is 318 g/mol. The van der Waals surface area contributed by atoms with Crippen molar-refractivity contribution in [1.82, 2.24) is 20.4 Å². The van der Waals surface area contributed by atoms with E-state index >= 15 is 0 Å². The Hall–Kier alpha value is -2.70. The van der Waals surface area contributed by atoms with Crippen LogP contribution in [-0.4, -0.2) is 49.1 Å². The quantitative estimate of drug-likeness (QED) is 0.413. The minimum absolute atomic E-state index is 0.00488. The standard InChI is InChI=1S/C18H27N5O2/c1-15(25-17-8-4-7-16(13-17)24-3)14-21-18(19-2)20-9-5-11-23-12-6-10-22-23/h4,6-8,10,12-13,15H,5,9,11,14H2,1-3H3,(H2,19,20,21). The van der Waals surface area contributed by atoms with Crippen LogP contribution in [0.1, 0.15) is 13.3 Å². The number of hydrogen-bond acceptors (Lipinski definition) is 4. The van der Waals surface area contributed by atoms with E-state index in [0.29, 0.717) is 6.54 Å². The second kappa shape index (κ2) is 10.2. The highest BCUT2D eigenvalue weighted by Crippen LogP contribution is 2.19. The molecule has 0 amide bonds. The van der Waals surface area contributed by atoms with Gasteiger partial charge < -0.3 is 20.1 Å². The number of aliphatic imine (C=N–C) groups is 1. The first kappa shape index (κ1) is 18.6. The van der Waals surface area contributed by atoms with Gasteiger partial charge in [-0.1, -0.05) is 6.07 Å². The molecule has 0 aliphatic carbocycles. The molecule has 2 rings (SSSR count). The normalized spacial score (nSPS) is 12.5. The van der Waals surface area contributed by atoms with E-state index in [2.05, 4.69) is 20.7 Å². The number of aromatic nitrogens is 2. The predicted octanol–water partition coefficient (Wildman–Crippen LogP) is 1.91. The zero-order chi connectivity index (χ0) is 17.9. The van der Waals surface area contributed by atoms with E-state index in [1.807, 2.05) is 48.1 Å². The third-order valence-electron chi connectivity index (χ3n) is 3.57. The molecule has 0 saturated heterocycles. The maximum atomic E-state index is 5.89. The second-order valence-corrected chi connectivity index (χ2v) is 5.61. The highest BCUT2D eigenvalue weighted by molar-refractivity contribution is 5.79. The van der Waals surface area contributed by atoms with Crippen LogP contribution in [0.5, 0.6) is 11.5 Å². The average Bonchev–Trinajstić information content (AvgIpc) is 3.14. The molecule has 25 heavy (non-hydrogen) atoms. The van der Waals surface area contributed by atoms with Crippen LogP contribution in [0.15, 0.2) is 47.7 Å². The number of nitrogens with one attached hydrogen (secondary N) is 2. The van der Waals surface area contributed by atoms with Crippen LogP contribution in [-0.2, 0) is 6.54 Å². The lowest BCUT2D eigenvalue weighted by molar-refractivity contribution is 0.223. The average molecular weight is 345 g/mol. The molecule has 0 aliphatic heterocycles. The molecular formula is C18H27N5O2. The molecule has 1 aromatic heterocycles. The van der Waals surface area contributed by atoms with Gasteiger partial charge in [-0.2, -0.15) is 5.10 Å². The van der Waals surface area contributed by atoms with Crippen molar-refractivity contribution in [3.8, 4) is 11.5 Å². The number of hydrogen-bond donors (Lipinski definition) is 2. The predicted molar refractivity (Wildman–Crippen MR) is 99.3 cm³/mol. The smallest absolute Gasteiger partial charge is 0.191 e. The molecule has 1 unspecified atom stereocenters. The Balaban J connectivity index is 1.66. The van der Waals surface area contributed by atoms with Gasteiger partial charge in [-0.05, 0) is 31.5 Å². The number of ether oxygens (including phenoxy) is 2. The number of rotatable bonds is 9. The largest absolute Gasteiger partial charge is 0.497 e. The molecule has 1 atom stereocenters. The summed E-state index contributed by atoms with van der Waals surface area (Å²) < 4.78 is 13.0. The molecule has 0 aliphatic rings. The van der Waals surface area contributed by atoms with Crippen molar-refractivity contribution in [2.45, 2.75) is 26.0 Å². The Morgan fingerprint density at radius 1 is 1.28 bits per heavy atom. The fraction of sp³-hybridized carbons (Fsp3) is 0.444. The lowest BCUT2D eigenvalue weighted by Crippen LogP contribution is -2.42.